The van der Waals surface area contributed by atoms with Crippen molar-refractivity contribution >= 4 is 5.69 Å². The van der Waals surface area contributed by atoms with Crippen molar-refractivity contribution in [3.05, 3.63) is 39.5 Å². The number of nitrogens with two attached hydrogens (primary N) is 1. The van der Waals surface area contributed by atoms with Crippen LogP contribution >= 0.6 is 0 Å². The molecule has 18 heavy (non-hydrogen) atoms. The predicted molar refractivity (Wildman–Crippen MR) is 65.1 cm³/mol. The van der Waals surface area contributed by atoms with Gasteiger partial charge in [-0.1, -0.05) is 11.2 Å². The van der Waals surface area contributed by atoms with E-state index in [9.17, 15) is 14.6 Å². The van der Waals surface area contributed by atoms with Gasteiger partial charge in [0.05, 0.1) is 6.10 Å². The largest absolute Gasteiger partial charge is 0.398 e. The van der Waals surface area contributed by atoms with Gasteiger partial charge in [0.1, 0.15) is 11.9 Å². The molecule has 98 valence electrons. The average Bonchev–Trinajstić information content (AvgIpc) is 2.35. The van der Waals surface area contributed by atoms with Crippen LogP contribution in [-0.4, -0.2) is 22.9 Å². The van der Waals surface area contributed by atoms with Crippen LogP contribution in [0.1, 0.15) is 23.7 Å². The van der Waals surface area contributed by atoms with Crippen molar-refractivity contribution in [2.45, 2.75) is 25.6 Å². The van der Waals surface area contributed by atoms with Gasteiger partial charge in [-0.3, -0.25) is 0 Å². The summed E-state index contributed by atoms with van der Waals surface area (Å²) >= 11 is 0. The summed E-state index contributed by atoms with van der Waals surface area (Å²) in [7, 11) is 0. The Morgan fingerprint density at radius 2 is 2.17 bits per heavy atom. The second kappa shape index (κ2) is 6.20. The van der Waals surface area contributed by atoms with Gasteiger partial charge >= 0.3 is 0 Å². The van der Waals surface area contributed by atoms with Crippen LogP contribution in [0, 0.1) is 12.7 Å². The van der Waals surface area contributed by atoms with Gasteiger partial charge in [0, 0.05) is 28.3 Å². The van der Waals surface area contributed by atoms with Crippen LogP contribution in [0.15, 0.2) is 17.2 Å². The molecule has 6 nitrogen and oxygen atoms in total. The molecule has 0 heterocycles. The molecule has 0 aliphatic rings. The standard InChI is InChI=1S/C11H15FN4O2/c1-6-8(13)3-2-7(10(6)12)11(18)9(17)4-5-15-16-14/h2-3,9,11,17-18H,4-5,13H2,1H3. The number of aliphatic hydroxyl groups is 2. The molecule has 0 amide bonds. The van der Waals surface area contributed by atoms with Crippen LogP contribution in [-0.2, 0) is 0 Å². The highest BCUT2D eigenvalue weighted by Gasteiger charge is 2.22. The van der Waals surface area contributed by atoms with E-state index in [0.717, 1.165) is 0 Å². The van der Waals surface area contributed by atoms with Gasteiger partial charge in [0.15, 0.2) is 0 Å². The first-order valence-electron chi connectivity index (χ1n) is 5.40. The van der Waals surface area contributed by atoms with Gasteiger partial charge in [-0.2, -0.15) is 0 Å². The number of halogens is 1. The second-order valence-corrected chi connectivity index (χ2v) is 3.94. The fourth-order valence-corrected chi connectivity index (χ4v) is 1.55. The first kappa shape index (κ1) is 14.2. The molecule has 0 aliphatic carbocycles. The maximum atomic E-state index is 13.8. The van der Waals surface area contributed by atoms with E-state index in [0.29, 0.717) is 0 Å². The van der Waals surface area contributed by atoms with Gasteiger partial charge in [-0.25, -0.2) is 4.39 Å². The van der Waals surface area contributed by atoms with E-state index in [1.807, 2.05) is 0 Å². The Hall–Kier alpha value is -1.82. The monoisotopic (exact) mass is 254 g/mol. The molecule has 0 saturated carbocycles. The fraction of sp³-hybridized carbons (Fsp3) is 0.455. The second-order valence-electron chi connectivity index (χ2n) is 3.94. The normalized spacial score (nSPS) is 13.8. The van der Waals surface area contributed by atoms with Crippen LogP contribution < -0.4 is 5.73 Å². The molecule has 4 N–H and O–H groups in total. The van der Waals surface area contributed by atoms with Gasteiger partial charge < -0.3 is 15.9 Å². The zero-order chi connectivity index (χ0) is 13.7. The topological polar surface area (TPSA) is 115 Å². The van der Waals surface area contributed by atoms with Crippen LogP contribution in [0.25, 0.3) is 10.4 Å². The summed E-state index contributed by atoms with van der Waals surface area (Å²) in [6.45, 7) is 1.53. The molecule has 7 heteroatoms. The Kier molecular flexibility index (Phi) is 4.91. The molecule has 2 atom stereocenters. The van der Waals surface area contributed by atoms with Crippen molar-refractivity contribution in [3.8, 4) is 0 Å². The van der Waals surface area contributed by atoms with Crippen molar-refractivity contribution < 1.29 is 14.6 Å². The maximum Gasteiger partial charge on any atom is 0.134 e. The number of nitrogens with zero attached hydrogens (tertiary/aromatic N) is 3. The summed E-state index contributed by atoms with van der Waals surface area (Å²) in [6, 6.07) is 2.80. The highest BCUT2D eigenvalue weighted by molar-refractivity contribution is 5.49. The minimum Gasteiger partial charge on any atom is -0.398 e. The van der Waals surface area contributed by atoms with Gasteiger partial charge in [0.2, 0.25) is 0 Å². The Morgan fingerprint density at radius 1 is 1.50 bits per heavy atom. The molecule has 1 rings (SSSR count). The van der Waals surface area contributed by atoms with Gasteiger partial charge in [0.25, 0.3) is 0 Å². The Morgan fingerprint density at radius 3 is 2.78 bits per heavy atom. The molecule has 0 bridgehead atoms. The lowest BCUT2D eigenvalue weighted by molar-refractivity contribution is 0.0129. The van der Waals surface area contributed by atoms with Crippen LogP contribution in [0.3, 0.4) is 0 Å². The van der Waals surface area contributed by atoms with Crippen molar-refractivity contribution in [3.63, 3.8) is 0 Å². The fourth-order valence-electron chi connectivity index (χ4n) is 1.55. The number of anilines is 1. The van der Waals surface area contributed by atoms with Gasteiger partial charge in [-0.05, 0) is 24.9 Å². The van der Waals surface area contributed by atoms with Crippen molar-refractivity contribution in [2.75, 3.05) is 12.3 Å². The molecular formula is C11H15FN4O2. The van der Waals surface area contributed by atoms with E-state index in [2.05, 4.69) is 10.0 Å². The van der Waals surface area contributed by atoms with E-state index in [1.165, 1.54) is 19.1 Å². The molecule has 0 saturated heterocycles. The maximum absolute atomic E-state index is 13.8. The number of hydrogen-bond donors (Lipinski definition) is 3. The number of aliphatic hydroxyl groups excluding tert-OH is 2. The number of hydrogen-bond acceptors (Lipinski definition) is 4. The third kappa shape index (κ3) is 3.10. The summed E-state index contributed by atoms with van der Waals surface area (Å²) < 4.78 is 13.8. The van der Waals surface area contributed by atoms with Crippen molar-refractivity contribution in [1.82, 2.24) is 0 Å². The smallest absolute Gasteiger partial charge is 0.134 e. The zero-order valence-corrected chi connectivity index (χ0v) is 9.91. The Bertz CT molecular complexity index is 474. The molecule has 0 radical (unpaired) electrons. The highest BCUT2D eigenvalue weighted by atomic mass is 19.1. The Balaban J connectivity index is 2.86. The lowest BCUT2D eigenvalue weighted by atomic mass is 9.99. The molecule has 1 aromatic rings. The minimum atomic E-state index is -1.38. The number of benzene rings is 1. The van der Waals surface area contributed by atoms with Crippen LogP contribution in [0.2, 0.25) is 0 Å². The minimum absolute atomic E-state index is 0.0184. The molecule has 1 aromatic carbocycles. The summed E-state index contributed by atoms with van der Waals surface area (Å²) in [4.78, 5) is 2.52. The highest BCUT2D eigenvalue weighted by Crippen LogP contribution is 2.26. The third-order valence-electron chi connectivity index (χ3n) is 2.73. The predicted octanol–water partition coefficient (Wildman–Crippen LogP) is 1.81. The van der Waals surface area contributed by atoms with Gasteiger partial charge in [-0.15, -0.1) is 0 Å². The van der Waals surface area contributed by atoms with E-state index in [-0.39, 0.29) is 29.8 Å². The number of rotatable bonds is 5. The Labute approximate surface area is 103 Å². The van der Waals surface area contributed by atoms with E-state index in [4.69, 9.17) is 11.3 Å². The summed E-state index contributed by atoms with van der Waals surface area (Å²) in [6.07, 6.45) is -2.53. The van der Waals surface area contributed by atoms with Crippen LogP contribution in [0.4, 0.5) is 10.1 Å². The summed E-state index contributed by atoms with van der Waals surface area (Å²) in [5.74, 6) is -0.634. The lowest BCUT2D eigenvalue weighted by Gasteiger charge is -2.19. The number of azide groups is 1. The SMILES string of the molecule is Cc1c(N)ccc(C(O)C(O)CCN=[N+]=[N-])c1F. The molecule has 0 aromatic heterocycles. The van der Waals surface area contributed by atoms with Crippen molar-refractivity contribution in [1.29, 1.82) is 0 Å². The summed E-state index contributed by atoms with van der Waals surface area (Å²) in [5.41, 5.74) is 14.1. The first-order valence-corrected chi connectivity index (χ1v) is 5.40. The van der Waals surface area contributed by atoms with Crippen LogP contribution in [0.5, 0.6) is 0 Å². The average molecular weight is 254 g/mol. The summed E-state index contributed by atoms with van der Waals surface area (Å²) in [5, 5.41) is 22.7. The molecule has 0 aliphatic heterocycles. The van der Waals surface area contributed by atoms with Crippen molar-refractivity contribution in [2.24, 2.45) is 5.11 Å². The van der Waals surface area contributed by atoms with E-state index < -0.39 is 18.0 Å². The molecule has 0 spiro atoms. The molecule has 2 unspecified atom stereocenters. The lowest BCUT2D eigenvalue weighted by Crippen LogP contribution is -2.20. The molecule has 0 fully saturated rings. The van der Waals surface area contributed by atoms with E-state index >= 15 is 0 Å². The zero-order valence-electron chi connectivity index (χ0n) is 9.91. The third-order valence-corrected chi connectivity index (χ3v) is 2.73. The molecular weight excluding hydrogens is 239 g/mol. The quantitative estimate of drug-likeness (QED) is 0.322. The number of nitrogen functional groups attached to an aromatic ring is 1. The van der Waals surface area contributed by atoms with E-state index in [1.54, 1.807) is 0 Å². The first-order chi connectivity index (χ1) is 8.49.